The summed E-state index contributed by atoms with van der Waals surface area (Å²) in [5.41, 5.74) is 7.24. The van der Waals surface area contributed by atoms with Gasteiger partial charge >= 0.3 is 0 Å². The molecule has 5 atom stereocenters. The Kier molecular flexibility index (Phi) is 4.78. The van der Waals surface area contributed by atoms with E-state index in [1.165, 1.54) is 12.8 Å². The van der Waals surface area contributed by atoms with Crippen LogP contribution in [0.2, 0.25) is 5.02 Å². The number of likely N-dealkylation sites (tertiary alicyclic amines) is 1. The van der Waals surface area contributed by atoms with E-state index in [0.717, 1.165) is 37.9 Å². The Bertz CT molecular complexity index is 625. The summed E-state index contributed by atoms with van der Waals surface area (Å²) in [6, 6.07) is 7.46. The van der Waals surface area contributed by atoms with Gasteiger partial charge in [0.1, 0.15) is 0 Å². The number of nitrogens with zero attached hydrogens (tertiary/aromatic N) is 1. The molecule has 2 bridgehead atoms. The van der Waals surface area contributed by atoms with E-state index in [1.807, 2.05) is 29.2 Å². The minimum atomic E-state index is -0.487. The number of fused-ring (bicyclic) bond motifs is 2. The molecule has 0 spiro atoms. The van der Waals surface area contributed by atoms with Crippen LogP contribution in [0.3, 0.4) is 0 Å². The van der Waals surface area contributed by atoms with Crippen LogP contribution in [0.1, 0.15) is 43.8 Å². The second kappa shape index (κ2) is 6.90. The molecule has 1 heterocycles. The smallest absolute Gasteiger partial charge is 0.227 e. The van der Waals surface area contributed by atoms with E-state index >= 15 is 0 Å². The molecule has 3 aliphatic rings. The van der Waals surface area contributed by atoms with Gasteiger partial charge in [0.25, 0.3) is 0 Å². The van der Waals surface area contributed by atoms with E-state index in [9.17, 15) is 9.90 Å². The van der Waals surface area contributed by atoms with Crippen molar-refractivity contribution in [2.45, 2.75) is 44.2 Å². The van der Waals surface area contributed by atoms with Gasteiger partial charge in [-0.3, -0.25) is 4.79 Å². The van der Waals surface area contributed by atoms with E-state index in [1.54, 1.807) is 0 Å². The third-order valence-corrected chi connectivity index (χ3v) is 7.03. The highest BCUT2D eigenvalue weighted by Crippen LogP contribution is 2.48. The fourth-order valence-electron chi connectivity index (χ4n) is 5.28. The monoisotopic (exact) mass is 362 g/mol. The summed E-state index contributed by atoms with van der Waals surface area (Å²) < 4.78 is 0. The Balaban J connectivity index is 1.35. The molecule has 5 unspecified atom stereocenters. The standard InChI is InChI=1S/C20H27ClN2O2/c21-16-5-3-12(4-6-16)19(24)13-7-9-23(10-8-13)20(25)17-14-1-2-15(11-14)18(17)22/h3-6,13-15,17-19,24H,1-2,7-11,22H2. The number of rotatable bonds is 3. The number of carbonyl (C=O) groups excluding carboxylic acids is 1. The number of nitrogens with two attached hydrogens (primary N) is 1. The minimum absolute atomic E-state index is 0.0384. The summed E-state index contributed by atoms with van der Waals surface area (Å²) in [6.45, 7) is 1.46. The Morgan fingerprint density at radius 1 is 1.12 bits per heavy atom. The third kappa shape index (κ3) is 3.20. The number of amides is 1. The number of aliphatic hydroxyl groups excluding tert-OH is 1. The average Bonchev–Trinajstić information content (AvgIpc) is 3.22. The lowest BCUT2D eigenvalue weighted by Gasteiger charge is -2.38. The zero-order valence-electron chi connectivity index (χ0n) is 14.5. The highest BCUT2D eigenvalue weighted by molar-refractivity contribution is 6.30. The Hall–Kier alpha value is -1.10. The maximum Gasteiger partial charge on any atom is 0.227 e. The van der Waals surface area contributed by atoms with Crippen molar-refractivity contribution in [1.82, 2.24) is 4.90 Å². The van der Waals surface area contributed by atoms with E-state index in [-0.39, 0.29) is 23.8 Å². The predicted molar refractivity (Wildman–Crippen MR) is 98.0 cm³/mol. The van der Waals surface area contributed by atoms with Crippen molar-refractivity contribution in [2.24, 2.45) is 29.4 Å². The summed E-state index contributed by atoms with van der Waals surface area (Å²) in [5, 5.41) is 11.3. The summed E-state index contributed by atoms with van der Waals surface area (Å²) in [7, 11) is 0. The van der Waals surface area contributed by atoms with Gasteiger partial charge in [-0.1, -0.05) is 23.7 Å². The summed E-state index contributed by atoms with van der Waals surface area (Å²) in [5.74, 6) is 1.56. The molecule has 1 amide bonds. The maximum atomic E-state index is 13.0. The molecule has 2 saturated carbocycles. The number of carbonyl (C=O) groups is 1. The van der Waals surface area contributed by atoms with Crippen LogP contribution in [0.4, 0.5) is 0 Å². The van der Waals surface area contributed by atoms with Gasteiger partial charge < -0.3 is 15.7 Å². The van der Waals surface area contributed by atoms with Crippen molar-refractivity contribution in [3.63, 3.8) is 0 Å². The normalized spacial score (nSPS) is 33.6. The summed E-state index contributed by atoms with van der Waals surface area (Å²) >= 11 is 5.92. The second-order valence-electron chi connectivity index (χ2n) is 8.10. The Morgan fingerprint density at radius 3 is 2.36 bits per heavy atom. The highest BCUT2D eigenvalue weighted by atomic mass is 35.5. The molecule has 0 aromatic heterocycles. The minimum Gasteiger partial charge on any atom is -0.388 e. The van der Waals surface area contributed by atoms with Gasteiger partial charge in [0.05, 0.1) is 12.0 Å². The number of aliphatic hydroxyl groups is 1. The Labute approximate surface area is 154 Å². The molecule has 4 rings (SSSR count). The number of hydrogen-bond donors (Lipinski definition) is 2. The van der Waals surface area contributed by atoms with Crippen LogP contribution < -0.4 is 5.73 Å². The van der Waals surface area contributed by atoms with Crippen LogP contribution in [0.25, 0.3) is 0 Å². The van der Waals surface area contributed by atoms with Crippen LogP contribution in [-0.4, -0.2) is 35.0 Å². The topological polar surface area (TPSA) is 66.6 Å². The SMILES string of the molecule is NC1C2CCC(C2)C1C(=O)N1CCC(C(O)c2ccc(Cl)cc2)CC1. The van der Waals surface area contributed by atoms with Gasteiger partial charge in [0.2, 0.25) is 5.91 Å². The first-order valence-electron chi connectivity index (χ1n) is 9.52. The molecule has 1 aromatic carbocycles. The van der Waals surface area contributed by atoms with Crippen molar-refractivity contribution in [2.75, 3.05) is 13.1 Å². The zero-order valence-corrected chi connectivity index (χ0v) is 15.2. The first-order valence-corrected chi connectivity index (χ1v) is 9.90. The molecular formula is C20H27ClN2O2. The molecule has 136 valence electrons. The zero-order chi connectivity index (χ0) is 17.6. The molecule has 1 saturated heterocycles. The molecule has 1 aromatic rings. The molecule has 5 heteroatoms. The molecular weight excluding hydrogens is 336 g/mol. The molecule has 25 heavy (non-hydrogen) atoms. The summed E-state index contributed by atoms with van der Waals surface area (Å²) in [4.78, 5) is 14.9. The van der Waals surface area contributed by atoms with Gasteiger partial charge in [-0.25, -0.2) is 0 Å². The van der Waals surface area contributed by atoms with Crippen molar-refractivity contribution in [3.05, 3.63) is 34.9 Å². The van der Waals surface area contributed by atoms with Crippen LogP contribution in [0, 0.1) is 23.7 Å². The lowest BCUT2D eigenvalue weighted by molar-refractivity contribution is -0.139. The molecule has 1 aliphatic heterocycles. The second-order valence-corrected chi connectivity index (χ2v) is 8.53. The van der Waals surface area contributed by atoms with Crippen LogP contribution in [0.5, 0.6) is 0 Å². The van der Waals surface area contributed by atoms with E-state index in [4.69, 9.17) is 17.3 Å². The van der Waals surface area contributed by atoms with Crippen LogP contribution in [-0.2, 0) is 4.79 Å². The quantitative estimate of drug-likeness (QED) is 0.868. The van der Waals surface area contributed by atoms with Gasteiger partial charge in [-0.2, -0.15) is 0 Å². The molecule has 0 radical (unpaired) electrons. The van der Waals surface area contributed by atoms with Crippen molar-refractivity contribution >= 4 is 17.5 Å². The third-order valence-electron chi connectivity index (χ3n) is 6.78. The fraction of sp³-hybridized carbons (Fsp3) is 0.650. The number of piperidine rings is 1. The van der Waals surface area contributed by atoms with Crippen molar-refractivity contribution < 1.29 is 9.90 Å². The lowest BCUT2D eigenvalue weighted by Crippen LogP contribution is -2.49. The molecule has 3 N–H and O–H groups in total. The van der Waals surface area contributed by atoms with E-state index < -0.39 is 6.10 Å². The average molecular weight is 363 g/mol. The first-order chi connectivity index (χ1) is 12.0. The van der Waals surface area contributed by atoms with Crippen LogP contribution >= 0.6 is 11.6 Å². The lowest BCUT2D eigenvalue weighted by atomic mass is 9.82. The van der Waals surface area contributed by atoms with Crippen molar-refractivity contribution in [3.8, 4) is 0 Å². The van der Waals surface area contributed by atoms with Gasteiger partial charge in [-0.15, -0.1) is 0 Å². The Morgan fingerprint density at radius 2 is 1.76 bits per heavy atom. The predicted octanol–water partition coefficient (Wildman–Crippen LogP) is 2.99. The van der Waals surface area contributed by atoms with E-state index in [0.29, 0.717) is 16.9 Å². The molecule has 2 aliphatic carbocycles. The van der Waals surface area contributed by atoms with Gasteiger partial charge in [0.15, 0.2) is 0 Å². The molecule has 3 fully saturated rings. The van der Waals surface area contributed by atoms with Gasteiger partial charge in [-0.05, 0) is 67.6 Å². The van der Waals surface area contributed by atoms with E-state index in [2.05, 4.69) is 0 Å². The summed E-state index contributed by atoms with van der Waals surface area (Å²) in [6.07, 6.45) is 4.70. The first kappa shape index (κ1) is 17.3. The van der Waals surface area contributed by atoms with Crippen molar-refractivity contribution in [1.29, 1.82) is 0 Å². The van der Waals surface area contributed by atoms with Crippen LogP contribution in [0.15, 0.2) is 24.3 Å². The maximum absolute atomic E-state index is 13.0. The molecule has 4 nitrogen and oxygen atoms in total. The number of hydrogen-bond acceptors (Lipinski definition) is 3. The largest absolute Gasteiger partial charge is 0.388 e. The number of halogens is 1. The number of benzene rings is 1. The highest BCUT2D eigenvalue weighted by Gasteiger charge is 2.50. The fourth-order valence-corrected chi connectivity index (χ4v) is 5.41. The van der Waals surface area contributed by atoms with Gasteiger partial charge in [0, 0.05) is 24.2 Å².